The lowest BCUT2D eigenvalue weighted by atomic mass is 10.3. The Balaban J connectivity index is 1.66. The van der Waals surface area contributed by atoms with Crippen LogP contribution in [-0.4, -0.2) is 75.2 Å². The lowest BCUT2D eigenvalue weighted by Crippen LogP contribution is -2.50. The summed E-state index contributed by atoms with van der Waals surface area (Å²) in [5.41, 5.74) is 0. The van der Waals surface area contributed by atoms with E-state index in [2.05, 4.69) is 10.2 Å². The SMILES string of the molecule is CC(Oc1ccccc1)C(=O)NCCN1CCN(S(C)(=O)=O)CC1. The summed E-state index contributed by atoms with van der Waals surface area (Å²) in [4.78, 5) is 14.2. The van der Waals surface area contributed by atoms with Gasteiger partial charge >= 0.3 is 0 Å². The maximum absolute atomic E-state index is 12.0. The average molecular weight is 355 g/mol. The van der Waals surface area contributed by atoms with Gasteiger partial charge in [0, 0.05) is 39.3 Å². The molecule has 0 radical (unpaired) electrons. The van der Waals surface area contributed by atoms with Crippen molar-refractivity contribution in [1.82, 2.24) is 14.5 Å². The number of rotatable bonds is 7. The van der Waals surface area contributed by atoms with Crippen LogP contribution in [0.5, 0.6) is 5.75 Å². The monoisotopic (exact) mass is 355 g/mol. The van der Waals surface area contributed by atoms with Gasteiger partial charge < -0.3 is 10.1 Å². The van der Waals surface area contributed by atoms with Gasteiger partial charge in [-0.05, 0) is 19.1 Å². The molecule has 0 bridgehead atoms. The molecule has 1 unspecified atom stereocenters. The van der Waals surface area contributed by atoms with E-state index in [9.17, 15) is 13.2 Å². The van der Waals surface area contributed by atoms with E-state index in [0.29, 0.717) is 45.0 Å². The number of carbonyl (C=O) groups is 1. The van der Waals surface area contributed by atoms with Crippen LogP contribution in [0.2, 0.25) is 0 Å². The first kappa shape index (κ1) is 18.7. The van der Waals surface area contributed by atoms with Crippen molar-refractivity contribution in [2.24, 2.45) is 0 Å². The van der Waals surface area contributed by atoms with E-state index in [-0.39, 0.29) is 5.91 Å². The van der Waals surface area contributed by atoms with Crippen molar-refractivity contribution < 1.29 is 17.9 Å². The number of nitrogens with zero attached hydrogens (tertiary/aromatic N) is 2. The van der Waals surface area contributed by atoms with E-state index in [1.165, 1.54) is 10.6 Å². The van der Waals surface area contributed by atoms with E-state index in [4.69, 9.17) is 4.74 Å². The Bertz CT molecular complexity index is 628. The van der Waals surface area contributed by atoms with Gasteiger partial charge in [0.2, 0.25) is 10.0 Å². The molecular formula is C16H25N3O4S. The van der Waals surface area contributed by atoms with Gasteiger partial charge in [-0.1, -0.05) is 18.2 Å². The lowest BCUT2D eigenvalue weighted by molar-refractivity contribution is -0.127. The van der Waals surface area contributed by atoms with Crippen LogP contribution < -0.4 is 10.1 Å². The summed E-state index contributed by atoms with van der Waals surface area (Å²) in [6.07, 6.45) is 0.672. The molecule has 1 aliphatic heterocycles. The minimum Gasteiger partial charge on any atom is -0.481 e. The van der Waals surface area contributed by atoms with Crippen LogP contribution in [0.15, 0.2) is 30.3 Å². The Kier molecular flexibility index (Phi) is 6.59. The summed E-state index contributed by atoms with van der Waals surface area (Å²) in [6.45, 7) is 5.29. The highest BCUT2D eigenvalue weighted by Gasteiger charge is 2.23. The van der Waals surface area contributed by atoms with Crippen LogP contribution in [0.1, 0.15) is 6.92 Å². The van der Waals surface area contributed by atoms with Crippen LogP contribution in [-0.2, 0) is 14.8 Å². The van der Waals surface area contributed by atoms with Gasteiger partial charge in [-0.3, -0.25) is 9.69 Å². The Morgan fingerprint density at radius 3 is 2.42 bits per heavy atom. The van der Waals surface area contributed by atoms with Gasteiger partial charge in [-0.15, -0.1) is 0 Å². The molecule has 134 valence electrons. The smallest absolute Gasteiger partial charge is 0.260 e. The maximum Gasteiger partial charge on any atom is 0.260 e. The minimum absolute atomic E-state index is 0.159. The zero-order valence-electron chi connectivity index (χ0n) is 14.1. The fourth-order valence-corrected chi connectivity index (χ4v) is 3.35. The zero-order chi connectivity index (χ0) is 17.6. The number of benzene rings is 1. The third-order valence-electron chi connectivity index (χ3n) is 3.95. The molecule has 2 rings (SSSR count). The summed E-state index contributed by atoms with van der Waals surface area (Å²) in [5, 5.41) is 2.85. The van der Waals surface area contributed by atoms with Gasteiger partial charge in [0.1, 0.15) is 5.75 Å². The van der Waals surface area contributed by atoms with Crippen molar-refractivity contribution in [3.8, 4) is 5.75 Å². The zero-order valence-corrected chi connectivity index (χ0v) is 15.0. The largest absolute Gasteiger partial charge is 0.481 e. The highest BCUT2D eigenvalue weighted by molar-refractivity contribution is 7.88. The van der Waals surface area contributed by atoms with Gasteiger partial charge in [0.15, 0.2) is 6.10 Å². The summed E-state index contributed by atoms with van der Waals surface area (Å²) >= 11 is 0. The molecule has 8 heteroatoms. The van der Waals surface area contributed by atoms with Crippen LogP contribution in [0.3, 0.4) is 0 Å². The second-order valence-corrected chi connectivity index (χ2v) is 7.85. The van der Waals surface area contributed by atoms with Crippen LogP contribution in [0, 0.1) is 0 Å². The fraction of sp³-hybridized carbons (Fsp3) is 0.562. The lowest BCUT2D eigenvalue weighted by Gasteiger charge is -2.33. The highest BCUT2D eigenvalue weighted by atomic mass is 32.2. The first-order chi connectivity index (χ1) is 11.4. The summed E-state index contributed by atoms with van der Waals surface area (Å²) in [5.74, 6) is 0.505. The van der Waals surface area contributed by atoms with E-state index >= 15 is 0 Å². The number of ether oxygens (including phenoxy) is 1. The highest BCUT2D eigenvalue weighted by Crippen LogP contribution is 2.10. The van der Waals surface area contributed by atoms with Crippen molar-refractivity contribution >= 4 is 15.9 Å². The molecule has 1 heterocycles. The maximum atomic E-state index is 12.0. The Labute approximate surface area is 143 Å². The van der Waals surface area contributed by atoms with E-state index in [1.54, 1.807) is 6.92 Å². The minimum atomic E-state index is -3.10. The summed E-state index contributed by atoms with van der Waals surface area (Å²) < 4.78 is 30.0. The summed E-state index contributed by atoms with van der Waals surface area (Å²) in [7, 11) is -3.10. The number of nitrogens with one attached hydrogen (secondary N) is 1. The molecule has 0 saturated carbocycles. The van der Waals surface area contributed by atoms with Gasteiger partial charge in [-0.2, -0.15) is 4.31 Å². The van der Waals surface area contributed by atoms with Crippen molar-refractivity contribution in [3.05, 3.63) is 30.3 Å². The Morgan fingerprint density at radius 2 is 1.83 bits per heavy atom. The summed E-state index contributed by atoms with van der Waals surface area (Å²) in [6, 6.07) is 9.23. The molecule has 1 aliphatic rings. The third kappa shape index (κ3) is 5.77. The van der Waals surface area contributed by atoms with E-state index in [1.807, 2.05) is 30.3 Å². The molecule has 0 aromatic heterocycles. The number of hydrogen-bond acceptors (Lipinski definition) is 5. The third-order valence-corrected chi connectivity index (χ3v) is 5.26. The van der Waals surface area contributed by atoms with Crippen LogP contribution in [0.4, 0.5) is 0 Å². The van der Waals surface area contributed by atoms with Gasteiger partial charge in [0.05, 0.1) is 6.26 Å². The van der Waals surface area contributed by atoms with E-state index in [0.717, 1.165) is 0 Å². The molecule has 1 aromatic rings. The van der Waals surface area contributed by atoms with Crippen molar-refractivity contribution in [3.63, 3.8) is 0 Å². The number of amides is 1. The second kappa shape index (κ2) is 8.46. The van der Waals surface area contributed by atoms with Crippen molar-refractivity contribution in [2.45, 2.75) is 13.0 Å². The molecule has 7 nitrogen and oxygen atoms in total. The molecule has 0 aliphatic carbocycles. The molecule has 0 spiro atoms. The quantitative estimate of drug-likeness (QED) is 0.753. The Hall–Kier alpha value is -1.64. The number of hydrogen-bond donors (Lipinski definition) is 1. The van der Waals surface area contributed by atoms with Crippen molar-refractivity contribution in [2.75, 3.05) is 45.5 Å². The number of piperazine rings is 1. The molecule has 1 aromatic carbocycles. The predicted octanol–water partition coefficient (Wildman–Crippen LogP) is 0.147. The second-order valence-electron chi connectivity index (χ2n) is 5.87. The Morgan fingerprint density at radius 1 is 1.21 bits per heavy atom. The van der Waals surface area contributed by atoms with E-state index < -0.39 is 16.1 Å². The standard InChI is InChI=1S/C16H25N3O4S/c1-14(23-15-6-4-3-5-7-15)16(20)17-8-9-18-10-12-19(13-11-18)24(2,21)22/h3-7,14H,8-13H2,1-2H3,(H,17,20). The first-order valence-corrected chi connectivity index (χ1v) is 9.88. The molecule has 24 heavy (non-hydrogen) atoms. The predicted molar refractivity (Wildman–Crippen MR) is 92.4 cm³/mol. The van der Waals surface area contributed by atoms with Crippen LogP contribution in [0.25, 0.3) is 0 Å². The molecule has 1 saturated heterocycles. The van der Waals surface area contributed by atoms with Crippen LogP contribution >= 0.6 is 0 Å². The molecule has 1 atom stereocenters. The average Bonchev–Trinajstić information content (AvgIpc) is 2.55. The molecule has 1 amide bonds. The fourth-order valence-electron chi connectivity index (χ4n) is 2.52. The molecule has 1 fully saturated rings. The molecular weight excluding hydrogens is 330 g/mol. The normalized spacial score (nSPS) is 18.1. The molecule has 1 N–H and O–H groups in total. The number of carbonyl (C=O) groups excluding carboxylic acids is 1. The van der Waals surface area contributed by atoms with Gasteiger partial charge in [-0.25, -0.2) is 8.42 Å². The first-order valence-electron chi connectivity index (χ1n) is 8.03. The van der Waals surface area contributed by atoms with Crippen molar-refractivity contribution in [1.29, 1.82) is 0 Å². The number of para-hydroxylation sites is 1. The topological polar surface area (TPSA) is 79.0 Å². The number of sulfonamides is 1. The van der Waals surface area contributed by atoms with Gasteiger partial charge in [0.25, 0.3) is 5.91 Å².